The summed E-state index contributed by atoms with van der Waals surface area (Å²) >= 11 is 0. The Bertz CT molecular complexity index is 723. The summed E-state index contributed by atoms with van der Waals surface area (Å²) in [6.07, 6.45) is 8.24. The van der Waals surface area contributed by atoms with Crippen LogP contribution in [0.25, 0.3) is 0 Å². The van der Waals surface area contributed by atoms with Gasteiger partial charge in [0.2, 0.25) is 5.91 Å². The zero-order valence-corrected chi connectivity index (χ0v) is 15.9. The third-order valence-electron chi connectivity index (χ3n) is 5.80. The molecule has 1 atom stereocenters. The standard InChI is InChI=1S/C23H29FN2O.H2/c1-3-18-13-16-26(22(27)10-5-17-11-14-25-15-12-17)23(21(18)4-2)19-6-8-20(24)9-7-19;/h3-4,6-9,17,23,25H,1-2,5,10-16H2;1H/t23-;/m0./s1. The molecule has 0 unspecified atom stereocenters. The summed E-state index contributed by atoms with van der Waals surface area (Å²) < 4.78 is 13.4. The molecule has 0 aromatic heterocycles. The van der Waals surface area contributed by atoms with Crippen molar-refractivity contribution in [2.45, 2.75) is 38.1 Å². The number of nitrogens with one attached hydrogen (secondary N) is 1. The number of amides is 1. The molecule has 1 aromatic carbocycles. The van der Waals surface area contributed by atoms with Crippen molar-refractivity contribution in [1.29, 1.82) is 0 Å². The largest absolute Gasteiger partial charge is 0.331 e. The summed E-state index contributed by atoms with van der Waals surface area (Å²) in [6, 6.07) is 6.22. The van der Waals surface area contributed by atoms with Gasteiger partial charge in [-0.05, 0) is 73.5 Å². The minimum absolute atomic E-state index is 0. The first-order chi connectivity index (χ1) is 13.1. The number of hydrogen-bond acceptors (Lipinski definition) is 2. The van der Waals surface area contributed by atoms with Crippen LogP contribution in [-0.4, -0.2) is 30.4 Å². The van der Waals surface area contributed by atoms with E-state index in [0.717, 1.165) is 55.5 Å². The van der Waals surface area contributed by atoms with Crippen molar-refractivity contribution >= 4 is 5.91 Å². The number of benzene rings is 1. The first kappa shape index (κ1) is 19.6. The summed E-state index contributed by atoms with van der Waals surface area (Å²) in [6.45, 7) is 10.6. The Kier molecular flexibility index (Phi) is 6.62. The molecule has 2 aliphatic rings. The predicted octanol–water partition coefficient (Wildman–Crippen LogP) is 4.79. The van der Waals surface area contributed by atoms with Crippen LogP contribution in [0.4, 0.5) is 4.39 Å². The lowest BCUT2D eigenvalue weighted by molar-refractivity contribution is -0.133. The Hall–Kier alpha value is -2.20. The van der Waals surface area contributed by atoms with Gasteiger partial charge in [0, 0.05) is 14.4 Å². The van der Waals surface area contributed by atoms with E-state index in [1.807, 2.05) is 17.1 Å². The van der Waals surface area contributed by atoms with E-state index >= 15 is 0 Å². The van der Waals surface area contributed by atoms with E-state index in [-0.39, 0.29) is 19.2 Å². The molecule has 1 amide bonds. The highest BCUT2D eigenvalue weighted by molar-refractivity contribution is 5.78. The highest BCUT2D eigenvalue weighted by Gasteiger charge is 2.32. The van der Waals surface area contributed by atoms with Crippen molar-refractivity contribution < 1.29 is 10.6 Å². The maximum atomic E-state index is 13.4. The Morgan fingerprint density at radius 3 is 2.56 bits per heavy atom. The quantitative estimate of drug-likeness (QED) is 0.780. The normalized spacial score (nSPS) is 21.2. The third kappa shape index (κ3) is 4.56. The van der Waals surface area contributed by atoms with E-state index in [2.05, 4.69) is 18.5 Å². The van der Waals surface area contributed by atoms with Gasteiger partial charge in [-0.2, -0.15) is 0 Å². The van der Waals surface area contributed by atoms with Crippen molar-refractivity contribution in [3.63, 3.8) is 0 Å². The van der Waals surface area contributed by atoms with Gasteiger partial charge in [0.25, 0.3) is 0 Å². The Balaban J connectivity index is 0.00000280. The maximum absolute atomic E-state index is 13.4. The van der Waals surface area contributed by atoms with Gasteiger partial charge in [0.1, 0.15) is 5.82 Å². The van der Waals surface area contributed by atoms with Gasteiger partial charge in [-0.15, -0.1) is 0 Å². The minimum atomic E-state index is -0.272. The van der Waals surface area contributed by atoms with Crippen LogP contribution in [0.3, 0.4) is 0 Å². The lowest BCUT2D eigenvalue weighted by Gasteiger charge is -2.38. The van der Waals surface area contributed by atoms with Crippen LogP contribution in [0, 0.1) is 11.7 Å². The molecule has 0 saturated carbocycles. The minimum Gasteiger partial charge on any atom is -0.331 e. The molecule has 0 radical (unpaired) electrons. The molecule has 3 rings (SSSR count). The number of rotatable bonds is 6. The fraction of sp³-hybridized carbons (Fsp3) is 0.435. The van der Waals surface area contributed by atoms with E-state index in [0.29, 0.717) is 18.9 Å². The van der Waals surface area contributed by atoms with Gasteiger partial charge >= 0.3 is 0 Å². The SMILES string of the molecule is C=CC1=C(C=C)[C@H](c2ccc(F)cc2)N(C(=O)CCC2CCNCC2)CC1.[HH]. The van der Waals surface area contributed by atoms with E-state index in [4.69, 9.17) is 0 Å². The zero-order chi connectivity index (χ0) is 19.2. The highest BCUT2D eigenvalue weighted by Crippen LogP contribution is 2.37. The number of allylic oxidation sites excluding steroid dienone is 1. The Morgan fingerprint density at radius 1 is 1.22 bits per heavy atom. The van der Waals surface area contributed by atoms with E-state index in [1.165, 1.54) is 12.1 Å². The fourth-order valence-corrected chi connectivity index (χ4v) is 4.24. The van der Waals surface area contributed by atoms with E-state index in [9.17, 15) is 9.18 Å². The Morgan fingerprint density at radius 2 is 1.93 bits per heavy atom. The molecule has 0 aliphatic carbocycles. The van der Waals surface area contributed by atoms with Crippen LogP contribution in [0.1, 0.15) is 45.1 Å². The van der Waals surface area contributed by atoms with Crippen molar-refractivity contribution in [1.82, 2.24) is 10.2 Å². The zero-order valence-electron chi connectivity index (χ0n) is 15.9. The van der Waals surface area contributed by atoms with Crippen LogP contribution < -0.4 is 5.32 Å². The first-order valence-electron chi connectivity index (χ1n) is 9.87. The molecular formula is C23H31FN2O. The van der Waals surface area contributed by atoms with Crippen LogP contribution in [0.2, 0.25) is 0 Å². The summed E-state index contributed by atoms with van der Waals surface area (Å²) in [4.78, 5) is 15.0. The predicted molar refractivity (Wildman–Crippen MR) is 110 cm³/mol. The van der Waals surface area contributed by atoms with Crippen LogP contribution in [0.5, 0.6) is 0 Å². The molecule has 4 heteroatoms. The van der Waals surface area contributed by atoms with Crippen LogP contribution >= 0.6 is 0 Å². The molecule has 146 valence electrons. The average Bonchev–Trinajstić information content (AvgIpc) is 2.72. The molecule has 3 nitrogen and oxygen atoms in total. The number of carbonyl (C=O) groups is 1. The average molecular weight is 371 g/mol. The molecule has 1 N–H and O–H groups in total. The molecule has 0 spiro atoms. The summed E-state index contributed by atoms with van der Waals surface area (Å²) in [5.74, 6) is 0.527. The molecule has 2 heterocycles. The molecule has 0 bridgehead atoms. The van der Waals surface area contributed by atoms with Crippen molar-refractivity contribution in [3.8, 4) is 0 Å². The molecule has 1 saturated heterocycles. The van der Waals surface area contributed by atoms with Crippen LogP contribution in [-0.2, 0) is 4.79 Å². The number of hydrogen-bond donors (Lipinski definition) is 1. The molecular weight excluding hydrogens is 339 g/mol. The molecule has 2 aliphatic heterocycles. The lowest BCUT2D eigenvalue weighted by atomic mass is 9.87. The molecule has 1 fully saturated rings. The monoisotopic (exact) mass is 370 g/mol. The topological polar surface area (TPSA) is 32.3 Å². The third-order valence-corrected chi connectivity index (χ3v) is 5.80. The van der Waals surface area contributed by atoms with E-state index < -0.39 is 0 Å². The lowest BCUT2D eigenvalue weighted by Crippen LogP contribution is -2.40. The highest BCUT2D eigenvalue weighted by atomic mass is 19.1. The maximum Gasteiger partial charge on any atom is 0.223 e. The van der Waals surface area contributed by atoms with Gasteiger partial charge in [-0.3, -0.25) is 4.79 Å². The number of piperidine rings is 1. The van der Waals surface area contributed by atoms with Gasteiger partial charge in [-0.1, -0.05) is 37.4 Å². The number of carbonyl (C=O) groups excluding carboxylic acids is 1. The molecule has 1 aromatic rings. The second-order valence-corrected chi connectivity index (χ2v) is 7.41. The second kappa shape index (κ2) is 9.14. The van der Waals surface area contributed by atoms with E-state index in [1.54, 1.807) is 12.1 Å². The second-order valence-electron chi connectivity index (χ2n) is 7.41. The number of halogens is 1. The van der Waals surface area contributed by atoms with Gasteiger partial charge in [-0.25, -0.2) is 4.39 Å². The first-order valence-corrected chi connectivity index (χ1v) is 9.87. The van der Waals surface area contributed by atoms with Crippen molar-refractivity contribution in [2.24, 2.45) is 5.92 Å². The van der Waals surface area contributed by atoms with Crippen molar-refractivity contribution in [3.05, 3.63) is 72.1 Å². The van der Waals surface area contributed by atoms with Crippen LogP contribution in [0.15, 0.2) is 60.7 Å². The smallest absolute Gasteiger partial charge is 0.223 e. The summed E-state index contributed by atoms with van der Waals surface area (Å²) in [5, 5.41) is 3.37. The van der Waals surface area contributed by atoms with Gasteiger partial charge in [0.15, 0.2) is 0 Å². The Labute approximate surface area is 163 Å². The van der Waals surface area contributed by atoms with Crippen molar-refractivity contribution in [2.75, 3.05) is 19.6 Å². The number of nitrogens with zero attached hydrogens (tertiary/aromatic N) is 1. The molecule has 27 heavy (non-hydrogen) atoms. The summed E-state index contributed by atoms with van der Waals surface area (Å²) in [7, 11) is 0. The van der Waals surface area contributed by atoms with Gasteiger partial charge < -0.3 is 10.2 Å². The summed E-state index contributed by atoms with van der Waals surface area (Å²) in [5.41, 5.74) is 3.03. The fourth-order valence-electron chi connectivity index (χ4n) is 4.24. The van der Waals surface area contributed by atoms with Gasteiger partial charge in [0.05, 0.1) is 6.04 Å².